The van der Waals surface area contributed by atoms with Crippen molar-refractivity contribution in [3.05, 3.63) is 65.5 Å². The highest BCUT2D eigenvalue weighted by Gasteiger charge is 2.25. The van der Waals surface area contributed by atoms with Crippen molar-refractivity contribution >= 4 is 23.6 Å². The molecule has 1 aliphatic heterocycles. The average Bonchev–Trinajstić information content (AvgIpc) is 2.73. The number of nitrogens with two attached hydrogens (primary N) is 1. The largest absolute Gasteiger partial charge is 0.481 e. The molecule has 1 aromatic heterocycles. The molecule has 0 spiro atoms. The molecule has 0 aliphatic carbocycles. The third-order valence-electron chi connectivity index (χ3n) is 4.21. The van der Waals surface area contributed by atoms with E-state index >= 15 is 0 Å². The summed E-state index contributed by atoms with van der Waals surface area (Å²) >= 11 is 0. The zero-order valence-electron chi connectivity index (χ0n) is 16.0. The maximum atomic E-state index is 12.6. The van der Waals surface area contributed by atoms with Crippen LogP contribution in [-0.4, -0.2) is 69.7 Å². The highest BCUT2D eigenvalue weighted by atomic mass is 16.4. The molecule has 0 unspecified atom stereocenters. The smallest absolute Gasteiger partial charge is 0.300 e. The van der Waals surface area contributed by atoms with E-state index in [0.29, 0.717) is 42.9 Å². The Morgan fingerprint density at radius 1 is 0.931 bits per heavy atom. The van der Waals surface area contributed by atoms with Gasteiger partial charge in [-0.25, -0.2) is 0 Å². The van der Waals surface area contributed by atoms with Gasteiger partial charge >= 0.3 is 0 Å². The van der Waals surface area contributed by atoms with Crippen molar-refractivity contribution in [2.45, 2.75) is 6.92 Å². The fourth-order valence-corrected chi connectivity index (χ4v) is 2.76. The summed E-state index contributed by atoms with van der Waals surface area (Å²) in [5.41, 5.74) is 7.12. The van der Waals surface area contributed by atoms with Gasteiger partial charge in [0.05, 0.1) is 5.56 Å². The lowest BCUT2D eigenvalue weighted by Gasteiger charge is -2.34. The Morgan fingerprint density at radius 2 is 1.38 bits per heavy atom. The van der Waals surface area contributed by atoms with Gasteiger partial charge in [-0.3, -0.25) is 24.8 Å². The van der Waals surface area contributed by atoms with E-state index in [9.17, 15) is 9.59 Å². The summed E-state index contributed by atoms with van der Waals surface area (Å²) in [5.74, 6) is -1.00. The molecule has 0 saturated carbocycles. The number of aliphatic carboxylic acids is 1. The molecule has 2 heterocycles. The summed E-state index contributed by atoms with van der Waals surface area (Å²) in [4.78, 5) is 41.4. The summed E-state index contributed by atoms with van der Waals surface area (Å²) in [6.07, 6.45) is 3.18. The molecular weight excluding hydrogens is 374 g/mol. The summed E-state index contributed by atoms with van der Waals surface area (Å²) in [5, 5.41) is 14.8. The number of nitrogens with zero attached hydrogens (tertiary/aromatic N) is 3. The predicted molar refractivity (Wildman–Crippen MR) is 107 cm³/mol. The molecule has 29 heavy (non-hydrogen) atoms. The maximum Gasteiger partial charge on any atom is 0.300 e. The number of carboxylic acid groups (broad SMARTS) is 1. The molecule has 2 aromatic rings. The lowest BCUT2D eigenvalue weighted by atomic mass is 10.1. The van der Waals surface area contributed by atoms with Crippen molar-refractivity contribution < 1.29 is 19.5 Å². The molecule has 152 valence electrons. The zero-order chi connectivity index (χ0) is 21.4. The van der Waals surface area contributed by atoms with Crippen LogP contribution >= 0.6 is 0 Å². The van der Waals surface area contributed by atoms with Gasteiger partial charge in [0.25, 0.3) is 17.8 Å². The summed E-state index contributed by atoms with van der Waals surface area (Å²) < 4.78 is 0. The van der Waals surface area contributed by atoms with Gasteiger partial charge in [-0.1, -0.05) is 12.1 Å². The number of piperazine rings is 1. The van der Waals surface area contributed by atoms with E-state index in [0.717, 1.165) is 6.92 Å². The molecule has 9 heteroatoms. The molecule has 4 N–H and O–H groups in total. The number of aromatic nitrogens is 1. The highest BCUT2D eigenvalue weighted by molar-refractivity contribution is 5.98. The Bertz CT molecular complexity index is 872. The first-order chi connectivity index (χ1) is 13.8. The van der Waals surface area contributed by atoms with Crippen LogP contribution in [0.5, 0.6) is 0 Å². The number of amidine groups is 1. The number of carbonyl (C=O) groups excluding carboxylic acids is 2. The minimum absolute atomic E-state index is 0.0264. The van der Waals surface area contributed by atoms with Crippen LogP contribution in [0.1, 0.15) is 33.2 Å². The summed E-state index contributed by atoms with van der Waals surface area (Å²) in [6.45, 7) is 3.04. The van der Waals surface area contributed by atoms with E-state index in [-0.39, 0.29) is 17.6 Å². The van der Waals surface area contributed by atoms with Crippen LogP contribution in [0, 0.1) is 5.41 Å². The van der Waals surface area contributed by atoms with Gasteiger partial charge in [-0.15, -0.1) is 0 Å². The van der Waals surface area contributed by atoms with E-state index in [4.69, 9.17) is 21.0 Å². The zero-order valence-corrected chi connectivity index (χ0v) is 16.0. The number of nitrogen functional groups attached to an aromatic ring is 1. The van der Waals surface area contributed by atoms with Gasteiger partial charge < -0.3 is 20.6 Å². The minimum atomic E-state index is -0.833. The number of hydrogen-bond donors (Lipinski definition) is 3. The van der Waals surface area contributed by atoms with Gasteiger partial charge in [0.1, 0.15) is 5.84 Å². The van der Waals surface area contributed by atoms with Crippen molar-refractivity contribution in [2.24, 2.45) is 5.73 Å². The Hall–Kier alpha value is -3.75. The Morgan fingerprint density at radius 3 is 1.79 bits per heavy atom. The lowest BCUT2D eigenvalue weighted by Crippen LogP contribution is -2.50. The van der Waals surface area contributed by atoms with Crippen molar-refractivity contribution in [1.82, 2.24) is 14.8 Å². The maximum absolute atomic E-state index is 12.6. The standard InChI is InChI=1S/C18H19N5O2.C2H4O2/c19-16(20)13-3-5-14(6-4-13)17(24)22-8-10-23(11-9-22)18(25)15-2-1-7-21-12-15;1-2(3)4/h1-7,12H,8-11H2,(H3,19,20);1H3,(H,3,4). The number of rotatable bonds is 3. The minimum Gasteiger partial charge on any atom is -0.481 e. The fraction of sp³-hybridized carbons (Fsp3) is 0.250. The summed E-state index contributed by atoms with van der Waals surface area (Å²) in [6, 6.07) is 10.1. The number of benzene rings is 1. The molecule has 3 rings (SSSR count). The first kappa shape index (κ1) is 21.5. The Balaban J connectivity index is 0.000000687. The third-order valence-corrected chi connectivity index (χ3v) is 4.21. The number of amides is 2. The normalized spacial score (nSPS) is 13.1. The van der Waals surface area contributed by atoms with Crippen LogP contribution in [0.4, 0.5) is 0 Å². The lowest BCUT2D eigenvalue weighted by molar-refractivity contribution is -0.134. The number of hydrogen-bond acceptors (Lipinski definition) is 5. The molecule has 2 amide bonds. The first-order valence-electron chi connectivity index (χ1n) is 8.92. The molecule has 1 fully saturated rings. The van der Waals surface area contributed by atoms with Crippen molar-refractivity contribution in [2.75, 3.05) is 26.2 Å². The first-order valence-corrected chi connectivity index (χ1v) is 8.92. The topological polar surface area (TPSA) is 141 Å². The quantitative estimate of drug-likeness (QED) is 0.522. The fourth-order valence-electron chi connectivity index (χ4n) is 2.76. The molecule has 0 atom stereocenters. The molecule has 9 nitrogen and oxygen atoms in total. The molecule has 0 radical (unpaired) electrons. The van der Waals surface area contributed by atoms with E-state index in [2.05, 4.69) is 4.98 Å². The van der Waals surface area contributed by atoms with Gasteiger partial charge in [0, 0.05) is 56.6 Å². The van der Waals surface area contributed by atoms with Crippen molar-refractivity contribution in [1.29, 1.82) is 5.41 Å². The van der Waals surface area contributed by atoms with E-state index < -0.39 is 5.97 Å². The van der Waals surface area contributed by atoms with Crippen LogP contribution < -0.4 is 5.73 Å². The number of pyridine rings is 1. The molecular formula is C20H23N5O4. The predicted octanol–water partition coefficient (Wildman–Crippen LogP) is 1.05. The average molecular weight is 397 g/mol. The number of carboxylic acids is 1. The SMILES string of the molecule is CC(=O)O.N=C(N)c1ccc(C(=O)N2CCN(C(=O)c3cccnc3)CC2)cc1. The highest BCUT2D eigenvalue weighted by Crippen LogP contribution is 2.12. The summed E-state index contributed by atoms with van der Waals surface area (Å²) in [7, 11) is 0. The van der Waals surface area contributed by atoms with Gasteiger partial charge in [-0.05, 0) is 24.3 Å². The van der Waals surface area contributed by atoms with Gasteiger partial charge in [0.2, 0.25) is 0 Å². The Labute approximate surface area is 168 Å². The van der Waals surface area contributed by atoms with Crippen molar-refractivity contribution in [3.8, 4) is 0 Å². The molecule has 0 bridgehead atoms. The van der Waals surface area contributed by atoms with E-state index in [1.54, 1.807) is 58.6 Å². The third kappa shape index (κ3) is 6.13. The molecule has 1 aromatic carbocycles. The second-order valence-corrected chi connectivity index (χ2v) is 6.34. The van der Waals surface area contributed by atoms with E-state index in [1.165, 1.54) is 0 Å². The Kier molecular flexibility index (Phi) is 7.41. The molecule has 1 saturated heterocycles. The van der Waals surface area contributed by atoms with Crippen molar-refractivity contribution in [3.63, 3.8) is 0 Å². The van der Waals surface area contributed by atoms with Crippen LogP contribution in [-0.2, 0) is 4.79 Å². The monoisotopic (exact) mass is 397 g/mol. The van der Waals surface area contributed by atoms with Crippen LogP contribution in [0.3, 0.4) is 0 Å². The number of carbonyl (C=O) groups is 3. The molecule has 1 aliphatic rings. The number of nitrogens with one attached hydrogen (secondary N) is 1. The van der Waals surface area contributed by atoms with Crippen LogP contribution in [0.25, 0.3) is 0 Å². The second kappa shape index (κ2) is 9.98. The second-order valence-electron chi connectivity index (χ2n) is 6.34. The van der Waals surface area contributed by atoms with E-state index in [1.807, 2.05) is 0 Å². The van der Waals surface area contributed by atoms with Crippen LogP contribution in [0.2, 0.25) is 0 Å². The van der Waals surface area contributed by atoms with Crippen LogP contribution in [0.15, 0.2) is 48.8 Å². The van der Waals surface area contributed by atoms with Gasteiger partial charge in [0.15, 0.2) is 0 Å². The van der Waals surface area contributed by atoms with Gasteiger partial charge in [-0.2, -0.15) is 0 Å².